The Balaban J connectivity index is 2.34. The Morgan fingerprint density at radius 1 is 1.57 bits per heavy atom. The molecule has 6 heteroatoms. The maximum Gasteiger partial charge on any atom is 0.195 e. The van der Waals surface area contributed by atoms with E-state index in [0.29, 0.717) is 6.54 Å². The largest absolute Gasteiger partial charge is 0.370 e. The van der Waals surface area contributed by atoms with Gasteiger partial charge in [0.1, 0.15) is 0 Å². The first-order valence-corrected chi connectivity index (χ1v) is 4.15. The van der Waals surface area contributed by atoms with Crippen LogP contribution in [-0.4, -0.2) is 16.9 Å². The van der Waals surface area contributed by atoms with Crippen LogP contribution in [0.4, 0.5) is 0 Å². The van der Waals surface area contributed by atoms with Gasteiger partial charge in [-0.1, -0.05) is 0 Å². The first-order valence-electron chi connectivity index (χ1n) is 4.15. The number of hydrogen-bond donors (Lipinski definition) is 6. The van der Waals surface area contributed by atoms with Gasteiger partial charge in [-0.15, -0.1) is 0 Å². The van der Waals surface area contributed by atoms with Crippen molar-refractivity contribution in [1.29, 1.82) is 10.8 Å². The van der Waals surface area contributed by atoms with Gasteiger partial charge in [0.2, 0.25) is 0 Å². The van der Waals surface area contributed by atoms with Crippen molar-refractivity contribution in [2.45, 2.75) is 13.5 Å². The molecule has 0 aliphatic carbocycles. The van der Waals surface area contributed by atoms with Gasteiger partial charge in [-0.3, -0.25) is 16.1 Å². The molecular weight excluding hydrogens is 180 g/mol. The van der Waals surface area contributed by atoms with Crippen LogP contribution in [0.2, 0.25) is 0 Å². The third-order valence-corrected chi connectivity index (χ3v) is 1.62. The summed E-state index contributed by atoms with van der Waals surface area (Å²) in [6.45, 7) is 2.49. The number of aromatic amines is 1. The number of rotatable bonds is 2. The van der Waals surface area contributed by atoms with E-state index in [1.165, 1.54) is 0 Å². The van der Waals surface area contributed by atoms with Gasteiger partial charge in [0.05, 0.1) is 0 Å². The van der Waals surface area contributed by atoms with Gasteiger partial charge in [0.25, 0.3) is 0 Å². The zero-order valence-corrected chi connectivity index (χ0v) is 7.94. The molecule has 0 aliphatic heterocycles. The van der Waals surface area contributed by atoms with Gasteiger partial charge < -0.3 is 16.0 Å². The second-order valence-corrected chi connectivity index (χ2v) is 2.96. The zero-order chi connectivity index (χ0) is 10.6. The van der Waals surface area contributed by atoms with Crippen molar-refractivity contribution in [3.8, 4) is 0 Å². The second kappa shape index (κ2) is 4.31. The minimum atomic E-state index is -0.243. The quantitative estimate of drug-likeness (QED) is 0.290. The maximum atomic E-state index is 7.32. The summed E-state index contributed by atoms with van der Waals surface area (Å²) in [5, 5.41) is 19.3. The van der Waals surface area contributed by atoms with E-state index in [4.69, 9.17) is 16.6 Å². The molecule has 6 nitrogen and oxygen atoms in total. The van der Waals surface area contributed by atoms with Crippen molar-refractivity contribution < 1.29 is 0 Å². The number of H-pyrrole nitrogens is 1. The molecule has 1 heterocycles. The molecule has 1 aromatic heterocycles. The predicted octanol–water partition coefficient (Wildman–Crippen LogP) is -0.169. The lowest BCUT2D eigenvalue weighted by Gasteiger charge is -2.07. The van der Waals surface area contributed by atoms with Crippen molar-refractivity contribution in [3.05, 3.63) is 23.5 Å². The van der Waals surface area contributed by atoms with Crippen LogP contribution < -0.4 is 16.4 Å². The van der Waals surface area contributed by atoms with Crippen molar-refractivity contribution in [2.75, 3.05) is 0 Å². The SMILES string of the molecule is Cc1cc(CNC(=N)NC(=N)N)c[nH]1. The van der Waals surface area contributed by atoms with Crippen molar-refractivity contribution in [2.24, 2.45) is 5.73 Å². The van der Waals surface area contributed by atoms with Gasteiger partial charge in [-0.2, -0.15) is 0 Å². The van der Waals surface area contributed by atoms with Gasteiger partial charge >= 0.3 is 0 Å². The number of nitrogens with two attached hydrogens (primary N) is 1. The highest BCUT2D eigenvalue weighted by Crippen LogP contribution is 2.00. The highest BCUT2D eigenvalue weighted by atomic mass is 15.2. The van der Waals surface area contributed by atoms with E-state index in [1.807, 2.05) is 19.2 Å². The maximum absolute atomic E-state index is 7.32. The fourth-order valence-corrected chi connectivity index (χ4v) is 1.04. The fraction of sp³-hybridized carbons (Fsp3) is 0.250. The monoisotopic (exact) mass is 194 g/mol. The number of aromatic nitrogens is 1. The number of aryl methyl sites for hydroxylation is 1. The van der Waals surface area contributed by atoms with E-state index in [0.717, 1.165) is 11.3 Å². The Morgan fingerprint density at radius 3 is 2.79 bits per heavy atom. The van der Waals surface area contributed by atoms with E-state index in [9.17, 15) is 0 Å². The summed E-state index contributed by atoms with van der Waals surface area (Å²) >= 11 is 0. The molecule has 0 aromatic carbocycles. The highest BCUT2D eigenvalue weighted by molar-refractivity contribution is 5.94. The van der Waals surface area contributed by atoms with Crippen molar-refractivity contribution in [1.82, 2.24) is 15.6 Å². The Bertz CT molecular complexity index is 339. The minimum absolute atomic E-state index is 0.0244. The summed E-state index contributed by atoms with van der Waals surface area (Å²) < 4.78 is 0. The molecule has 7 N–H and O–H groups in total. The minimum Gasteiger partial charge on any atom is -0.370 e. The molecule has 0 fully saturated rings. The van der Waals surface area contributed by atoms with Gasteiger partial charge in [0.15, 0.2) is 11.9 Å². The van der Waals surface area contributed by atoms with Crippen LogP contribution in [0.5, 0.6) is 0 Å². The van der Waals surface area contributed by atoms with Crippen molar-refractivity contribution >= 4 is 11.9 Å². The van der Waals surface area contributed by atoms with Crippen LogP contribution in [-0.2, 0) is 6.54 Å². The molecule has 1 aromatic rings. The highest BCUT2D eigenvalue weighted by Gasteiger charge is 1.98. The second-order valence-electron chi connectivity index (χ2n) is 2.96. The van der Waals surface area contributed by atoms with E-state index in [2.05, 4.69) is 15.6 Å². The normalized spacial score (nSPS) is 9.50. The Kier molecular flexibility index (Phi) is 3.11. The van der Waals surface area contributed by atoms with Crippen LogP contribution in [0.15, 0.2) is 12.3 Å². The topological polar surface area (TPSA) is 114 Å². The zero-order valence-electron chi connectivity index (χ0n) is 7.94. The molecule has 1 rings (SSSR count). The van der Waals surface area contributed by atoms with E-state index in [-0.39, 0.29) is 11.9 Å². The third-order valence-electron chi connectivity index (χ3n) is 1.62. The molecule has 0 spiro atoms. The molecule has 0 amide bonds. The molecule has 0 saturated carbocycles. The van der Waals surface area contributed by atoms with Crippen LogP contribution >= 0.6 is 0 Å². The molecule has 0 saturated heterocycles. The Morgan fingerprint density at radius 2 is 2.29 bits per heavy atom. The lowest BCUT2D eigenvalue weighted by atomic mass is 10.3. The van der Waals surface area contributed by atoms with E-state index in [1.54, 1.807) is 0 Å². The number of guanidine groups is 2. The first kappa shape index (κ1) is 10.1. The number of nitrogens with one attached hydrogen (secondary N) is 5. The summed E-state index contributed by atoms with van der Waals surface area (Å²) in [6.07, 6.45) is 1.86. The summed E-state index contributed by atoms with van der Waals surface area (Å²) in [6, 6.07) is 1.98. The van der Waals surface area contributed by atoms with E-state index < -0.39 is 0 Å². The van der Waals surface area contributed by atoms with Crippen LogP contribution in [0.1, 0.15) is 11.3 Å². The van der Waals surface area contributed by atoms with Gasteiger partial charge in [-0.25, -0.2) is 0 Å². The molecule has 14 heavy (non-hydrogen) atoms. The Labute approximate surface area is 81.9 Å². The fourth-order valence-electron chi connectivity index (χ4n) is 1.04. The average molecular weight is 194 g/mol. The lowest BCUT2D eigenvalue weighted by Crippen LogP contribution is -2.42. The first-order chi connectivity index (χ1) is 6.58. The molecule has 76 valence electrons. The predicted molar refractivity (Wildman–Crippen MR) is 55.1 cm³/mol. The standard InChI is InChI=1S/C8H14N6/c1-5-2-6(3-12-5)4-13-8(11)14-7(9)10/h2-3,12H,4H2,1H3,(H6,9,10,11,13,14). The summed E-state index contributed by atoms with van der Waals surface area (Å²) in [5.74, 6) is -0.218. The Hall–Kier alpha value is -1.98. The van der Waals surface area contributed by atoms with Crippen LogP contribution in [0, 0.1) is 17.7 Å². The molecule has 0 unspecified atom stereocenters. The lowest BCUT2D eigenvalue weighted by molar-refractivity contribution is 0.878. The summed E-state index contributed by atoms with van der Waals surface area (Å²) in [5.41, 5.74) is 7.18. The van der Waals surface area contributed by atoms with Gasteiger partial charge in [-0.05, 0) is 18.6 Å². The molecule has 0 radical (unpaired) electrons. The van der Waals surface area contributed by atoms with E-state index >= 15 is 0 Å². The number of hydrogen-bond acceptors (Lipinski definition) is 2. The smallest absolute Gasteiger partial charge is 0.195 e. The molecular formula is C8H14N6. The van der Waals surface area contributed by atoms with Crippen molar-refractivity contribution in [3.63, 3.8) is 0 Å². The molecule has 0 atom stereocenters. The molecule has 0 aliphatic rings. The van der Waals surface area contributed by atoms with Gasteiger partial charge in [0, 0.05) is 18.4 Å². The molecule has 0 bridgehead atoms. The van der Waals surface area contributed by atoms with Crippen LogP contribution in [0.3, 0.4) is 0 Å². The third kappa shape index (κ3) is 3.18. The van der Waals surface area contributed by atoms with Crippen LogP contribution in [0.25, 0.3) is 0 Å². The summed E-state index contributed by atoms with van der Waals surface area (Å²) in [7, 11) is 0. The average Bonchev–Trinajstić information content (AvgIpc) is 2.47. The summed E-state index contributed by atoms with van der Waals surface area (Å²) in [4.78, 5) is 3.04.